The average Bonchev–Trinajstić information content (AvgIpc) is 3.20. The van der Waals surface area contributed by atoms with E-state index in [0.29, 0.717) is 11.4 Å². The van der Waals surface area contributed by atoms with Gasteiger partial charge in [-0.3, -0.25) is 9.69 Å². The number of anilines is 1. The smallest absolute Gasteiger partial charge is 0.255 e. The normalized spacial score (nSPS) is 26.0. The van der Waals surface area contributed by atoms with Crippen LogP contribution in [0.3, 0.4) is 0 Å². The molecule has 6 nitrogen and oxygen atoms in total. The van der Waals surface area contributed by atoms with Crippen LogP contribution in [0.25, 0.3) is 0 Å². The molecule has 7 heteroatoms. The van der Waals surface area contributed by atoms with Gasteiger partial charge < -0.3 is 15.7 Å². The van der Waals surface area contributed by atoms with Gasteiger partial charge in [-0.2, -0.15) is 11.3 Å². The number of aromatic nitrogens is 1. The van der Waals surface area contributed by atoms with Crippen LogP contribution in [0.15, 0.2) is 35.2 Å². The Bertz CT molecular complexity index is 780. The van der Waals surface area contributed by atoms with Crippen molar-refractivity contribution in [2.24, 2.45) is 5.41 Å². The topological polar surface area (TPSA) is 82.7 Å². The molecule has 27 heavy (non-hydrogen) atoms. The van der Waals surface area contributed by atoms with Crippen LogP contribution in [0, 0.1) is 5.41 Å². The summed E-state index contributed by atoms with van der Waals surface area (Å²) in [5.41, 5.74) is 7.29. The summed E-state index contributed by atoms with van der Waals surface area (Å²) in [6.45, 7) is 3.52. The molecule has 0 unspecified atom stereocenters. The largest absolute Gasteiger partial charge is 0.396 e. The first-order chi connectivity index (χ1) is 13.1. The lowest BCUT2D eigenvalue weighted by molar-refractivity contribution is -0.0685. The Morgan fingerprint density at radius 2 is 2.26 bits per heavy atom. The van der Waals surface area contributed by atoms with Crippen molar-refractivity contribution in [1.29, 1.82) is 0 Å². The zero-order valence-corrected chi connectivity index (χ0v) is 16.2. The number of amides is 1. The highest BCUT2D eigenvalue weighted by atomic mass is 32.1. The summed E-state index contributed by atoms with van der Waals surface area (Å²) in [6.07, 6.45) is 4.31. The van der Waals surface area contributed by atoms with Gasteiger partial charge in [0.15, 0.2) is 0 Å². The van der Waals surface area contributed by atoms with Crippen LogP contribution in [0.4, 0.5) is 5.82 Å². The third-order valence-electron chi connectivity index (χ3n) is 6.01. The summed E-state index contributed by atoms with van der Waals surface area (Å²) in [6, 6.07) is 5.64. The fourth-order valence-electron chi connectivity index (χ4n) is 4.68. The molecule has 4 heterocycles. The number of carbonyl (C=O) groups is 1. The number of nitrogens with zero attached hydrogens (tertiary/aromatic N) is 3. The first kappa shape index (κ1) is 18.4. The zero-order valence-electron chi connectivity index (χ0n) is 15.4. The highest BCUT2D eigenvalue weighted by Gasteiger charge is 2.49. The third kappa shape index (κ3) is 3.59. The molecule has 0 saturated carbocycles. The van der Waals surface area contributed by atoms with E-state index in [2.05, 4.69) is 26.7 Å². The van der Waals surface area contributed by atoms with Crippen LogP contribution >= 0.6 is 11.3 Å². The number of fused-ring (bicyclic) bond motifs is 1. The molecule has 0 radical (unpaired) electrons. The number of carbonyl (C=O) groups excluding carboxylic acids is 1. The highest BCUT2D eigenvalue weighted by molar-refractivity contribution is 7.07. The Labute approximate surface area is 163 Å². The van der Waals surface area contributed by atoms with E-state index in [4.69, 9.17) is 5.73 Å². The molecule has 3 N–H and O–H groups in total. The van der Waals surface area contributed by atoms with Crippen molar-refractivity contribution in [1.82, 2.24) is 14.8 Å². The molecule has 0 bridgehead atoms. The van der Waals surface area contributed by atoms with Crippen LogP contribution in [0.1, 0.15) is 35.2 Å². The molecule has 2 aromatic rings. The number of nitrogen functional groups attached to an aromatic ring is 1. The molecule has 2 fully saturated rings. The van der Waals surface area contributed by atoms with Crippen molar-refractivity contribution in [2.45, 2.75) is 31.8 Å². The zero-order chi connectivity index (χ0) is 18.9. The Kier molecular flexibility index (Phi) is 5.16. The molecule has 2 aliphatic heterocycles. The maximum Gasteiger partial charge on any atom is 0.255 e. The number of aliphatic hydroxyl groups excluding tert-OH is 1. The number of likely N-dealkylation sites (tertiary alicyclic amines) is 2. The number of rotatable bonds is 4. The highest BCUT2D eigenvalue weighted by Crippen LogP contribution is 2.42. The molecular weight excluding hydrogens is 360 g/mol. The van der Waals surface area contributed by atoms with Crippen LogP contribution in [-0.4, -0.2) is 58.1 Å². The average molecular weight is 387 g/mol. The molecular formula is C20H26N4O2S. The summed E-state index contributed by atoms with van der Waals surface area (Å²) in [4.78, 5) is 21.6. The minimum atomic E-state index is -0.247. The Hall–Kier alpha value is -1.96. The van der Waals surface area contributed by atoms with Crippen molar-refractivity contribution in [2.75, 3.05) is 32.0 Å². The Morgan fingerprint density at radius 1 is 1.37 bits per heavy atom. The van der Waals surface area contributed by atoms with Gasteiger partial charge >= 0.3 is 0 Å². The van der Waals surface area contributed by atoms with Crippen molar-refractivity contribution >= 4 is 23.1 Å². The lowest BCUT2D eigenvalue weighted by atomic mass is 9.69. The minimum Gasteiger partial charge on any atom is -0.396 e. The number of piperidine rings is 2. The summed E-state index contributed by atoms with van der Waals surface area (Å²) >= 11 is 1.71. The van der Waals surface area contributed by atoms with Gasteiger partial charge in [-0.25, -0.2) is 4.98 Å². The molecule has 0 aromatic carbocycles. The van der Waals surface area contributed by atoms with Gasteiger partial charge in [-0.1, -0.05) is 0 Å². The Morgan fingerprint density at radius 3 is 2.96 bits per heavy atom. The summed E-state index contributed by atoms with van der Waals surface area (Å²) in [7, 11) is 0. The number of aliphatic hydroxyl groups is 1. The first-order valence-electron chi connectivity index (χ1n) is 9.48. The van der Waals surface area contributed by atoms with E-state index >= 15 is 0 Å². The maximum absolute atomic E-state index is 13.1. The molecule has 2 aliphatic rings. The van der Waals surface area contributed by atoms with E-state index < -0.39 is 0 Å². The van der Waals surface area contributed by atoms with Crippen molar-refractivity contribution in [3.8, 4) is 0 Å². The van der Waals surface area contributed by atoms with Crippen molar-refractivity contribution < 1.29 is 9.90 Å². The van der Waals surface area contributed by atoms with Gasteiger partial charge in [-0.15, -0.1) is 0 Å². The maximum atomic E-state index is 13.1. The SMILES string of the molecule is Nc1ccc(C(=O)N2CCC[C@@]3(CO)CN(Cc4ccsc4)CC[C@H]23)cn1. The minimum absolute atomic E-state index is 0.00342. The Balaban J connectivity index is 1.53. The van der Waals surface area contributed by atoms with Gasteiger partial charge in [0.1, 0.15) is 5.82 Å². The number of hydrogen-bond donors (Lipinski definition) is 2. The predicted molar refractivity (Wildman–Crippen MR) is 106 cm³/mol. The van der Waals surface area contributed by atoms with Gasteiger partial charge in [0.25, 0.3) is 5.91 Å². The monoisotopic (exact) mass is 386 g/mol. The van der Waals surface area contributed by atoms with Crippen molar-refractivity contribution in [3.63, 3.8) is 0 Å². The van der Waals surface area contributed by atoms with Gasteiger partial charge in [0.05, 0.1) is 12.2 Å². The lowest BCUT2D eigenvalue weighted by Crippen LogP contribution is -2.63. The standard InChI is InChI=1S/C20H26N4O2S/c21-18-3-2-16(10-22-18)19(26)24-7-1-6-20(14-25)13-23(8-4-17(20)24)11-15-5-9-27-12-15/h2-3,5,9-10,12,17,25H,1,4,6-8,11,13-14H2,(H2,21,22)/t17-,20-/m0/s1. The predicted octanol–water partition coefficient (Wildman–Crippen LogP) is 2.21. The van der Waals surface area contributed by atoms with Crippen LogP contribution in [-0.2, 0) is 6.54 Å². The van der Waals surface area contributed by atoms with E-state index in [9.17, 15) is 9.90 Å². The van der Waals surface area contributed by atoms with Crippen molar-refractivity contribution in [3.05, 3.63) is 46.3 Å². The first-order valence-corrected chi connectivity index (χ1v) is 10.4. The van der Waals surface area contributed by atoms with Gasteiger partial charge in [0, 0.05) is 43.8 Å². The number of nitrogens with two attached hydrogens (primary N) is 1. The number of thiophene rings is 1. The van der Waals surface area contributed by atoms with Crippen LogP contribution < -0.4 is 5.73 Å². The summed E-state index contributed by atoms with van der Waals surface area (Å²) < 4.78 is 0. The second-order valence-corrected chi connectivity index (χ2v) is 8.52. The second-order valence-electron chi connectivity index (χ2n) is 7.74. The van der Waals surface area contributed by atoms with E-state index in [1.54, 1.807) is 29.7 Å². The molecule has 144 valence electrons. The molecule has 2 saturated heterocycles. The lowest BCUT2D eigenvalue weighted by Gasteiger charge is -2.54. The third-order valence-corrected chi connectivity index (χ3v) is 6.74. The molecule has 2 atom stereocenters. The summed E-state index contributed by atoms with van der Waals surface area (Å²) in [5, 5.41) is 14.6. The van der Waals surface area contributed by atoms with Gasteiger partial charge in [-0.05, 0) is 53.8 Å². The van der Waals surface area contributed by atoms with Crippen LogP contribution in [0.2, 0.25) is 0 Å². The summed E-state index contributed by atoms with van der Waals surface area (Å²) in [5.74, 6) is 0.410. The number of hydrogen-bond acceptors (Lipinski definition) is 6. The molecule has 2 aromatic heterocycles. The quantitative estimate of drug-likeness (QED) is 0.842. The number of pyridine rings is 1. The van der Waals surface area contributed by atoms with Crippen LogP contribution in [0.5, 0.6) is 0 Å². The van der Waals surface area contributed by atoms with E-state index in [1.807, 2.05) is 4.90 Å². The second kappa shape index (κ2) is 7.58. The molecule has 0 aliphatic carbocycles. The fraction of sp³-hybridized carbons (Fsp3) is 0.500. The van der Waals surface area contributed by atoms with E-state index in [1.165, 1.54) is 5.56 Å². The molecule has 4 rings (SSSR count). The van der Waals surface area contributed by atoms with E-state index in [0.717, 1.165) is 45.4 Å². The molecule has 0 spiro atoms. The molecule has 1 amide bonds. The van der Waals surface area contributed by atoms with E-state index in [-0.39, 0.29) is 24.0 Å². The fourth-order valence-corrected chi connectivity index (χ4v) is 5.34. The van der Waals surface area contributed by atoms with Gasteiger partial charge in [0.2, 0.25) is 0 Å².